The summed E-state index contributed by atoms with van der Waals surface area (Å²) < 4.78 is 5.63. The maximum atomic E-state index is 10.1. The van der Waals surface area contributed by atoms with Crippen LogP contribution in [0.3, 0.4) is 0 Å². The summed E-state index contributed by atoms with van der Waals surface area (Å²) in [6.45, 7) is 5.26. The van der Waals surface area contributed by atoms with Crippen molar-refractivity contribution in [1.29, 1.82) is 0 Å². The van der Waals surface area contributed by atoms with Gasteiger partial charge in [0.2, 0.25) is 0 Å². The van der Waals surface area contributed by atoms with Crippen LogP contribution in [-0.4, -0.2) is 17.5 Å². The lowest BCUT2D eigenvalue weighted by atomic mass is 9.94. The molecule has 0 radical (unpaired) electrons. The minimum atomic E-state index is -0.781. The summed E-state index contributed by atoms with van der Waals surface area (Å²) in [4.78, 5) is 0. The second kappa shape index (κ2) is 7.29. The van der Waals surface area contributed by atoms with Crippen LogP contribution in [0.25, 0.3) is 0 Å². The quantitative estimate of drug-likeness (QED) is 0.529. The Morgan fingerprint density at radius 3 is 2.38 bits per heavy atom. The third-order valence-corrected chi connectivity index (χ3v) is 3.43. The van der Waals surface area contributed by atoms with E-state index in [-0.39, 0.29) is 0 Å². The number of hydrogen-bond donors (Lipinski definition) is 1. The average molecular weight is 228 g/mol. The highest BCUT2D eigenvalue weighted by Crippen LogP contribution is 2.29. The first kappa shape index (κ1) is 14.0. The summed E-state index contributed by atoms with van der Waals surface area (Å²) in [6, 6.07) is 0. The Kier molecular flexibility index (Phi) is 6.37. The van der Waals surface area contributed by atoms with Crippen molar-refractivity contribution in [2.75, 3.05) is 6.61 Å². The Morgan fingerprint density at radius 2 is 1.75 bits per heavy atom. The summed E-state index contributed by atoms with van der Waals surface area (Å²) in [6.07, 6.45) is 10.1. The molecule has 16 heavy (non-hydrogen) atoms. The lowest BCUT2D eigenvalue weighted by molar-refractivity contribution is -0.220. The summed E-state index contributed by atoms with van der Waals surface area (Å²) in [5.74, 6) is 0.0273. The lowest BCUT2D eigenvalue weighted by Crippen LogP contribution is -2.34. The molecule has 1 saturated carbocycles. The molecule has 2 heteroatoms. The van der Waals surface area contributed by atoms with Gasteiger partial charge in [-0.2, -0.15) is 0 Å². The molecule has 0 heterocycles. The highest BCUT2D eigenvalue weighted by Gasteiger charge is 2.29. The van der Waals surface area contributed by atoms with Gasteiger partial charge in [0.05, 0.1) is 6.61 Å². The zero-order valence-electron chi connectivity index (χ0n) is 11.0. The predicted molar refractivity (Wildman–Crippen MR) is 67.3 cm³/mol. The topological polar surface area (TPSA) is 29.5 Å². The minimum Gasteiger partial charge on any atom is -0.365 e. The van der Waals surface area contributed by atoms with Gasteiger partial charge in [0.25, 0.3) is 0 Å². The van der Waals surface area contributed by atoms with E-state index in [2.05, 4.69) is 13.8 Å². The van der Waals surface area contributed by atoms with Crippen LogP contribution in [0.1, 0.15) is 71.6 Å². The molecule has 1 aliphatic rings. The molecule has 0 saturated heterocycles. The van der Waals surface area contributed by atoms with E-state index in [0.29, 0.717) is 0 Å². The van der Waals surface area contributed by atoms with Crippen molar-refractivity contribution in [2.24, 2.45) is 5.92 Å². The Bertz CT molecular complexity index is 172. The van der Waals surface area contributed by atoms with E-state index in [4.69, 9.17) is 4.74 Å². The normalized spacial score (nSPS) is 20.2. The van der Waals surface area contributed by atoms with Crippen LogP contribution in [0.5, 0.6) is 0 Å². The maximum absolute atomic E-state index is 10.1. The van der Waals surface area contributed by atoms with Gasteiger partial charge in [-0.1, -0.05) is 39.5 Å². The zero-order chi connectivity index (χ0) is 11.9. The fourth-order valence-corrected chi connectivity index (χ4v) is 2.34. The molecule has 0 bridgehead atoms. The van der Waals surface area contributed by atoms with Gasteiger partial charge in [-0.05, 0) is 25.2 Å². The van der Waals surface area contributed by atoms with Crippen LogP contribution >= 0.6 is 0 Å². The summed E-state index contributed by atoms with van der Waals surface area (Å²) in [5.41, 5.74) is 0. The fraction of sp³-hybridized carbons (Fsp3) is 1.00. The highest BCUT2D eigenvalue weighted by molar-refractivity contribution is 4.72. The smallest absolute Gasteiger partial charge is 0.165 e. The van der Waals surface area contributed by atoms with Gasteiger partial charge in [-0.3, -0.25) is 0 Å². The molecule has 0 aromatic heterocycles. The third-order valence-electron chi connectivity index (χ3n) is 3.43. The molecule has 0 aromatic carbocycles. The fourth-order valence-electron chi connectivity index (χ4n) is 2.34. The second-order valence-electron chi connectivity index (χ2n) is 5.60. The molecule has 1 fully saturated rings. The van der Waals surface area contributed by atoms with Crippen molar-refractivity contribution >= 4 is 0 Å². The van der Waals surface area contributed by atoms with E-state index in [0.717, 1.165) is 44.6 Å². The average Bonchev–Trinajstić information content (AvgIpc) is 2.24. The molecule has 2 nitrogen and oxygen atoms in total. The molecule has 0 aliphatic heterocycles. The van der Waals surface area contributed by atoms with Crippen LogP contribution in [0, 0.1) is 5.92 Å². The van der Waals surface area contributed by atoms with Crippen molar-refractivity contribution in [2.45, 2.75) is 77.4 Å². The Hall–Kier alpha value is -0.0800. The first-order chi connectivity index (χ1) is 7.62. The van der Waals surface area contributed by atoms with Crippen molar-refractivity contribution in [3.63, 3.8) is 0 Å². The lowest BCUT2D eigenvalue weighted by Gasteiger charge is -2.31. The van der Waals surface area contributed by atoms with Crippen LogP contribution in [0.2, 0.25) is 0 Å². The molecule has 0 amide bonds. The van der Waals surface area contributed by atoms with Gasteiger partial charge < -0.3 is 9.84 Å². The number of hydrogen-bond acceptors (Lipinski definition) is 2. The van der Waals surface area contributed by atoms with Crippen molar-refractivity contribution < 1.29 is 9.84 Å². The molecule has 1 aliphatic carbocycles. The largest absolute Gasteiger partial charge is 0.365 e. The molecule has 96 valence electrons. The van der Waals surface area contributed by atoms with Gasteiger partial charge in [-0.15, -0.1) is 0 Å². The monoisotopic (exact) mass is 228 g/mol. The summed E-state index contributed by atoms with van der Waals surface area (Å²) in [7, 11) is 0. The van der Waals surface area contributed by atoms with Gasteiger partial charge in [-0.25, -0.2) is 0 Å². The molecule has 0 spiro atoms. The van der Waals surface area contributed by atoms with Crippen LogP contribution < -0.4 is 0 Å². The molecular formula is C14H28O2. The number of ether oxygens (including phenoxy) is 1. The highest BCUT2D eigenvalue weighted by atomic mass is 16.6. The molecule has 0 aromatic rings. The summed E-state index contributed by atoms with van der Waals surface area (Å²) in [5, 5.41) is 10.1. The number of aliphatic hydroxyl groups is 1. The van der Waals surface area contributed by atoms with Gasteiger partial charge in [0.1, 0.15) is 0 Å². The number of rotatable bonds is 7. The van der Waals surface area contributed by atoms with E-state index in [1.54, 1.807) is 0 Å². The first-order valence-corrected chi connectivity index (χ1v) is 6.99. The summed E-state index contributed by atoms with van der Waals surface area (Å²) >= 11 is 0. The number of unbranched alkanes of at least 4 members (excludes halogenated alkanes) is 2. The van der Waals surface area contributed by atoms with Crippen LogP contribution in [-0.2, 0) is 4.74 Å². The van der Waals surface area contributed by atoms with Crippen molar-refractivity contribution in [3.8, 4) is 0 Å². The van der Waals surface area contributed by atoms with Crippen LogP contribution in [0.15, 0.2) is 0 Å². The maximum Gasteiger partial charge on any atom is 0.165 e. The van der Waals surface area contributed by atoms with E-state index in [9.17, 15) is 5.11 Å². The first-order valence-electron chi connectivity index (χ1n) is 6.99. The molecule has 1 rings (SSSR count). The zero-order valence-corrected chi connectivity index (χ0v) is 11.0. The van der Waals surface area contributed by atoms with Crippen molar-refractivity contribution in [3.05, 3.63) is 0 Å². The molecule has 0 atom stereocenters. The standard InChI is InChI=1S/C14H28O2/c1-13(2)9-5-3-8-12-16-14(15)10-6-4-7-11-14/h13,15H,3-12H2,1-2H3. The SMILES string of the molecule is CC(C)CCCCCOC1(O)CCCCC1. The van der Waals surface area contributed by atoms with Gasteiger partial charge in [0.15, 0.2) is 5.79 Å². The molecule has 0 unspecified atom stereocenters. The van der Waals surface area contributed by atoms with Crippen molar-refractivity contribution in [1.82, 2.24) is 0 Å². The Labute approximate surface area is 100 Å². The van der Waals surface area contributed by atoms with E-state index < -0.39 is 5.79 Å². The van der Waals surface area contributed by atoms with E-state index in [1.807, 2.05) is 0 Å². The minimum absolute atomic E-state index is 0.731. The van der Waals surface area contributed by atoms with Gasteiger partial charge >= 0.3 is 0 Å². The van der Waals surface area contributed by atoms with Crippen LogP contribution in [0.4, 0.5) is 0 Å². The third kappa shape index (κ3) is 5.86. The molecule has 1 N–H and O–H groups in total. The van der Waals surface area contributed by atoms with E-state index in [1.165, 1.54) is 25.7 Å². The predicted octanol–water partition coefficient (Wildman–Crippen LogP) is 3.87. The molecular weight excluding hydrogens is 200 g/mol. The Morgan fingerprint density at radius 1 is 1.06 bits per heavy atom. The second-order valence-corrected chi connectivity index (χ2v) is 5.60. The van der Waals surface area contributed by atoms with Gasteiger partial charge in [0, 0.05) is 12.8 Å². The Balaban J connectivity index is 1.97. The van der Waals surface area contributed by atoms with E-state index >= 15 is 0 Å².